The van der Waals surface area contributed by atoms with Gasteiger partial charge in [0.25, 0.3) is 0 Å². The molecule has 0 spiro atoms. The highest BCUT2D eigenvalue weighted by Gasteiger charge is 2.22. The average molecular weight is 368 g/mol. The van der Waals surface area contributed by atoms with E-state index in [1.165, 1.54) is 0 Å². The molecular weight excluding hydrogens is 350 g/mol. The molecule has 7 heteroatoms. The topological polar surface area (TPSA) is 69.7 Å². The third-order valence-electron chi connectivity index (χ3n) is 3.53. The summed E-state index contributed by atoms with van der Waals surface area (Å²) in [4.78, 5) is 37.9. The van der Waals surface area contributed by atoms with Gasteiger partial charge in [-0.15, -0.1) is 0 Å². The molecule has 118 valence electrons. The van der Waals surface area contributed by atoms with E-state index in [1.807, 2.05) is 19.1 Å². The molecule has 3 amide bonds. The molecule has 0 bridgehead atoms. The van der Waals surface area contributed by atoms with Crippen molar-refractivity contribution in [3.05, 3.63) is 28.2 Å². The van der Waals surface area contributed by atoms with Gasteiger partial charge in [0.1, 0.15) is 6.42 Å². The number of nitrogens with one attached hydrogen (secondary N) is 1. The third-order valence-corrected chi connectivity index (χ3v) is 4.18. The average Bonchev–Trinajstić information content (AvgIpc) is 2.50. The van der Waals surface area contributed by atoms with Gasteiger partial charge in [-0.05, 0) is 40.5 Å². The number of anilines is 1. The standard InChI is InChI=1S/C15H18BrN3O3/c1-11-2-3-13(12(16)8-11)17-14(21)9-15(22)19-6-4-18(10-20)5-7-19/h2-3,8,10H,4-7,9H2,1H3,(H,17,21). The van der Waals surface area contributed by atoms with Crippen molar-refractivity contribution in [3.8, 4) is 0 Å². The van der Waals surface area contributed by atoms with Gasteiger partial charge < -0.3 is 15.1 Å². The van der Waals surface area contributed by atoms with E-state index in [-0.39, 0.29) is 18.2 Å². The minimum atomic E-state index is -0.340. The van der Waals surface area contributed by atoms with Crippen molar-refractivity contribution in [3.63, 3.8) is 0 Å². The number of piperazine rings is 1. The normalized spacial score (nSPS) is 14.6. The maximum atomic E-state index is 12.1. The van der Waals surface area contributed by atoms with E-state index >= 15 is 0 Å². The molecule has 2 rings (SSSR count). The number of hydrogen-bond acceptors (Lipinski definition) is 3. The maximum absolute atomic E-state index is 12.1. The monoisotopic (exact) mass is 367 g/mol. The van der Waals surface area contributed by atoms with Crippen molar-refractivity contribution in [2.24, 2.45) is 0 Å². The van der Waals surface area contributed by atoms with Gasteiger partial charge in [0.2, 0.25) is 18.2 Å². The summed E-state index contributed by atoms with van der Waals surface area (Å²) in [6, 6.07) is 5.58. The SMILES string of the molecule is Cc1ccc(NC(=O)CC(=O)N2CCN(C=O)CC2)c(Br)c1. The minimum absolute atomic E-state index is 0.193. The van der Waals surface area contributed by atoms with E-state index in [2.05, 4.69) is 21.2 Å². The minimum Gasteiger partial charge on any atom is -0.342 e. The second kappa shape index (κ2) is 7.40. The molecule has 0 aliphatic carbocycles. The Morgan fingerprint density at radius 2 is 1.95 bits per heavy atom. The molecule has 0 unspecified atom stereocenters. The zero-order valence-corrected chi connectivity index (χ0v) is 13.9. The molecule has 1 aliphatic rings. The first kappa shape index (κ1) is 16.5. The number of nitrogens with zero attached hydrogens (tertiary/aromatic N) is 2. The summed E-state index contributed by atoms with van der Waals surface area (Å²) in [5, 5.41) is 2.73. The van der Waals surface area contributed by atoms with Crippen molar-refractivity contribution in [2.75, 3.05) is 31.5 Å². The summed E-state index contributed by atoms with van der Waals surface area (Å²) in [6.07, 6.45) is 0.588. The number of hydrogen-bond donors (Lipinski definition) is 1. The first-order valence-corrected chi connectivity index (χ1v) is 7.82. The van der Waals surface area contributed by atoms with Crippen LogP contribution in [0.1, 0.15) is 12.0 Å². The fourth-order valence-corrected chi connectivity index (χ4v) is 2.83. The molecule has 1 N–H and O–H groups in total. The van der Waals surface area contributed by atoms with Crippen LogP contribution in [-0.4, -0.2) is 54.2 Å². The molecule has 1 aliphatic heterocycles. The van der Waals surface area contributed by atoms with E-state index in [9.17, 15) is 14.4 Å². The molecule has 1 heterocycles. The number of rotatable bonds is 4. The van der Waals surface area contributed by atoms with Crippen LogP contribution >= 0.6 is 15.9 Å². The maximum Gasteiger partial charge on any atom is 0.233 e. The lowest BCUT2D eigenvalue weighted by molar-refractivity contribution is -0.137. The molecule has 1 fully saturated rings. The van der Waals surface area contributed by atoms with Crippen LogP contribution in [0.3, 0.4) is 0 Å². The molecule has 0 atom stereocenters. The number of benzene rings is 1. The number of halogens is 1. The van der Waals surface area contributed by atoms with Crippen LogP contribution in [0.4, 0.5) is 5.69 Å². The lowest BCUT2D eigenvalue weighted by atomic mass is 10.2. The van der Waals surface area contributed by atoms with Gasteiger partial charge in [-0.25, -0.2) is 0 Å². The summed E-state index contributed by atoms with van der Waals surface area (Å²) in [7, 11) is 0. The Labute approximate surface area is 137 Å². The summed E-state index contributed by atoms with van der Waals surface area (Å²) < 4.78 is 0.785. The second-order valence-corrected chi connectivity index (χ2v) is 6.08. The van der Waals surface area contributed by atoms with Gasteiger partial charge in [-0.2, -0.15) is 0 Å². The van der Waals surface area contributed by atoms with Crippen molar-refractivity contribution < 1.29 is 14.4 Å². The quantitative estimate of drug-likeness (QED) is 0.645. The molecule has 1 saturated heterocycles. The molecule has 22 heavy (non-hydrogen) atoms. The lowest BCUT2D eigenvalue weighted by Crippen LogP contribution is -2.48. The Hall–Kier alpha value is -1.89. The first-order chi connectivity index (χ1) is 10.5. The predicted octanol–water partition coefficient (Wildman–Crippen LogP) is 1.39. The van der Waals surface area contributed by atoms with Gasteiger partial charge in [0.15, 0.2) is 0 Å². The zero-order chi connectivity index (χ0) is 16.1. The summed E-state index contributed by atoms with van der Waals surface area (Å²) in [6.45, 7) is 3.93. The van der Waals surface area contributed by atoms with E-state index < -0.39 is 0 Å². The Bertz CT molecular complexity index is 583. The van der Waals surface area contributed by atoms with E-state index in [1.54, 1.807) is 15.9 Å². The van der Waals surface area contributed by atoms with Crippen molar-refractivity contribution in [1.82, 2.24) is 9.80 Å². The summed E-state index contributed by atoms with van der Waals surface area (Å²) in [5.74, 6) is -0.557. The molecule has 6 nitrogen and oxygen atoms in total. The zero-order valence-electron chi connectivity index (χ0n) is 12.3. The fraction of sp³-hybridized carbons (Fsp3) is 0.400. The molecular formula is C15H18BrN3O3. The smallest absolute Gasteiger partial charge is 0.233 e. The van der Waals surface area contributed by atoms with Crippen LogP contribution in [0.2, 0.25) is 0 Å². The Balaban J connectivity index is 1.86. The fourth-order valence-electron chi connectivity index (χ4n) is 2.24. The highest BCUT2D eigenvalue weighted by Crippen LogP contribution is 2.23. The Kier molecular flexibility index (Phi) is 5.54. The number of aryl methyl sites for hydroxylation is 1. The highest BCUT2D eigenvalue weighted by atomic mass is 79.9. The second-order valence-electron chi connectivity index (χ2n) is 5.23. The van der Waals surface area contributed by atoms with Gasteiger partial charge in [-0.1, -0.05) is 6.07 Å². The van der Waals surface area contributed by atoms with Crippen LogP contribution in [-0.2, 0) is 14.4 Å². The number of carbonyl (C=O) groups excluding carboxylic acids is 3. The van der Waals surface area contributed by atoms with E-state index in [0.717, 1.165) is 16.4 Å². The summed E-state index contributed by atoms with van der Waals surface area (Å²) in [5.41, 5.74) is 1.73. The van der Waals surface area contributed by atoms with E-state index in [4.69, 9.17) is 0 Å². The molecule has 1 aromatic rings. The Morgan fingerprint density at radius 1 is 1.27 bits per heavy atom. The highest BCUT2D eigenvalue weighted by molar-refractivity contribution is 9.10. The number of amides is 3. The third kappa shape index (κ3) is 4.30. The number of carbonyl (C=O) groups is 3. The van der Waals surface area contributed by atoms with Crippen molar-refractivity contribution in [2.45, 2.75) is 13.3 Å². The van der Waals surface area contributed by atoms with Crippen LogP contribution in [0.5, 0.6) is 0 Å². The van der Waals surface area contributed by atoms with Crippen LogP contribution in [0.15, 0.2) is 22.7 Å². The van der Waals surface area contributed by atoms with Crippen molar-refractivity contribution in [1.29, 1.82) is 0 Å². The molecule has 0 aromatic heterocycles. The largest absolute Gasteiger partial charge is 0.342 e. The van der Waals surface area contributed by atoms with E-state index in [0.29, 0.717) is 31.9 Å². The molecule has 1 aromatic carbocycles. The predicted molar refractivity (Wildman–Crippen MR) is 86.3 cm³/mol. The lowest BCUT2D eigenvalue weighted by Gasteiger charge is -2.32. The first-order valence-electron chi connectivity index (χ1n) is 7.02. The van der Waals surface area contributed by atoms with Gasteiger partial charge in [-0.3, -0.25) is 14.4 Å². The van der Waals surface area contributed by atoms with Crippen LogP contribution < -0.4 is 5.32 Å². The van der Waals surface area contributed by atoms with Gasteiger partial charge in [0, 0.05) is 30.7 Å². The molecule has 0 saturated carbocycles. The summed E-state index contributed by atoms with van der Waals surface area (Å²) >= 11 is 3.38. The Morgan fingerprint density at radius 3 is 2.55 bits per heavy atom. The van der Waals surface area contributed by atoms with Gasteiger partial charge >= 0.3 is 0 Å². The van der Waals surface area contributed by atoms with Gasteiger partial charge in [0.05, 0.1) is 5.69 Å². The van der Waals surface area contributed by atoms with Crippen LogP contribution in [0, 0.1) is 6.92 Å². The molecule has 0 radical (unpaired) electrons. The van der Waals surface area contributed by atoms with Crippen LogP contribution in [0.25, 0.3) is 0 Å². The van der Waals surface area contributed by atoms with Crippen molar-refractivity contribution >= 4 is 39.8 Å².